The van der Waals surface area contributed by atoms with Crippen molar-refractivity contribution in [2.75, 3.05) is 11.3 Å². The van der Waals surface area contributed by atoms with E-state index in [1.165, 1.54) is 12.1 Å². The lowest BCUT2D eigenvalue weighted by molar-refractivity contribution is -0.142. The number of anilines is 1. The summed E-state index contributed by atoms with van der Waals surface area (Å²) in [5, 5.41) is 9.14. The van der Waals surface area contributed by atoms with Gasteiger partial charge < -0.3 is 5.11 Å². The molecule has 0 amide bonds. The predicted octanol–water partition coefficient (Wildman–Crippen LogP) is 2.03. The molecule has 0 saturated carbocycles. The number of carbonyl (C=O) groups is 1. The van der Waals surface area contributed by atoms with Gasteiger partial charge in [0.05, 0.1) is 5.69 Å². The third-order valence-corrected chi connectivity index (χ3v) is 5.64. The number of hydrogen-bond acceptors (Lipinski definition) is 3. The molecule has 2 N–H and O–H groups in total. The minimum atomic E-state index is -3.99. The Morgan fingerprint density at radius 3 is 2.76 bits per heavy atom. The van der Waals surface area contributed by atoms with Crippen LogP contribution in [-0.2, 0) is 15.0 Å². The summed E-state index contributed by atoms with van der Waals surface area (Å²) >= 11 is 1.81. The zero-order valence-electron chi connectivity index (χ0n) is 10.9. The molecule has 6 nitrogen and oxygen atoms in total. The molecule has 9 heteroatoms. The van der Waals surface area contributed by atoms with Crippen LogP contribution in [0.4, 0.5) is 10.1 Å². The van der Waals surface area contributed by atoms with E-state index in [1.54, 1.807) is 0 Å². The number of aliphatic carboxylic acids is 1. The van der Waals surface area contributed by atoms with E-state index in [1.807, 2.05) is 22.6 Å². The van der Waals surface area contributed by atoms with E-state index in [2.05, 4.69) is 4.72 Å². The van der Waals surface area contributed by atoms with Crippen LogP contribution in [0.15, 0.2) is 18.2 Å². The molecular weight excluding hydrogens is 414 g/mol. The molecule has 1 aliphatic rings. The van der Waals surface area contributed by atoms with Gasteiger partial charge in [0.1, 0.15) is 11.9 Å². The lowest BCUT2D eigenvalue weighted by Crippen LogP contribution is -2.50. The highest BCUT2D eigenvalue weighted by Crippen LogP contribution is 2.25. The van der Waals surface area contributed by atoms with Gasteiger partial charge in [0, 0.05) is 10.1 Å². The second kappa shape index (κ2) is 6.44. The monoisotopic (exact) mass is 428 g/mol. The summed E-state index contributed by atoms with van der Waals surface area (Å²) in [6.07, 6.45) is 1.58. The number of nitrogens with zero attached hydrogens (tertiary/aromatic N) is 1. The molecular formula is C12H14FIN2O4S. The standard InChI is InChI=1S/C12H14FIN2O4S/c13-8-4-5-10(9(14)7-8)15-21(19,20)16-6-2-1-3-11(16)12(17)18/h4-5,7,11,15H,1-3,6H2,(H,17,18). The third kappa shape index (κ3) is 3.83. The van der Waals surface area contributed by atoms with E-state index < -0.39 is 28.0 Å². The fraction of sp³-hybridized carbons (Fsp3) is 0.417. The third-order valence-electron chi connectivity index (χ3n) is 3.22. The molecule has 21 heavy (non-hydrogen) atoms. The molecule has 0 aromatic heterocycles. The van der Waals surface area contributed by atoms with Crippen LogP contribution in [0.2, 0.25) is 0 Å². The Kier molecular flexibility index (Phi) is 5.04. The Bertz CT molecular complexity index is 653. The van der Waals surface area contributed by atoms with E-state index in [0.717, 1.165) is 10.4 Å². The Labute approximate surface area is 135 Å². The number of piperidine rings is 1. The highest BCUT2D eigenvalue weighted by Gasteiger charge is 2.36. The summed E-state index contributed by atoms with van der Waals surface area (Å²) in [4.78, 5) is 11.2. The topological polar surface area (TPSA) is 86.7 Å². The van der Waals surface area contributed by atoms with E-state index in [4.69, 9.17) is 5.11 Å². The van der Waals surface area contributed by atoms with Crippen LogP contribution in [0.1, 0.15) is 19.3 Å². The lowest BCUT2D eigenvalue weighted by Gasteiger charge is -2.32. The van der Waals surface area contributed by atoms with Crippen molar-refractivity contribution in [2.24, 2.45) is 0 Å². The number of benzene rings is 1. The quantitative estimate of drug-likeness (QED) is 0.719. The Balaban J connectivity index is 2.26. The Hall–Kier alpha value is -0.940. The van der Waals surface area contributed by atoms with Gasteiger partial charge in [-0.05, 0) is 60.1 Å². The SMILES string of the molecule is O=C(O)C1CCCCN1S(=O)(=O)Nc1ccc(F)cc1I. The van der Waals surface area contributed by atoms with Crippen molar-refractivity contribution in [3.8, 4) is 0 Å². The van der Waals surface area contributed by atoms with Crippen molar-refractivity contribution in [3.63, 3.8) is 0 Å². The van der Waals surface area contributed by atoms with Gasteiger partial charge >= 0.3 is 16.2 Å². The minimum absolute atomic E-state index is 0.157. The van der Waals surface area contributed by atoms with Crippen molar-refractivity contribution in [1.29, 1.82) is 0 Å². The molecule has 0 aliphatic carbocycles. The number of rotatable bonds is 4. The van der Waals surface area contributed by atoms with Gasteiger partial charge in [-0.1, -0.05) is 0 Å². The summed E-state index contributed by atoms with van der Waals surface area (Å²) in [7, 11) is -3.99. The fourth-order valence-corrected chi connectivity index (χ4v) is 4.48. The maximum absolute atomic E-state index is 13.0. The first-order chi connectivity index (χ1) is 9.81. The Morgan fingerprint density at radius 2 is 2.14 bits per heavy atom. The molecule has 1 atom stereocenters. The summed E-state index contributed by atoms with van der Waals surface area (Å²) in [6.45, 7) is 0.157. The molecule has 1 aromatic carbocycles. The smallest absolute Gasteiger partial charge is 0.322 e. The first-order valence-electron chi connectivity index (χ1n) is 6.29. The molecule has 1 unspecified atom stereocenters. The normalized spacial score (nSPS) is 20.2. The largest absolute Gasteiger partial charge is 0.480 e. The maximum Gasteiger partial charge on any atom is 0.322 e. The van der Waals surface area contributed by atoms with Crippen LogP contribution >= 0.6 is 22.6 Å². The summed E-state index contributed by atoms with van der Waals surface area (Å²) in [6, 6.07) is 2.59. The van der Waals surface area contributed by atoms with Crippen LogP contribution < -0.4 is 4.72 Å². The molecule has 1 heterocycles. The zero-order valence-corrected chi connectivity index (χ0v) is 13.9. The van der Waals surface area contributed by atoms with Crippen molar-refractivity contribution in [3.05, 3.63) is 27.6 Å². The first kappa shape index (κ1) is 16.4. The van der Waals surface area contributed by atoms with E-state index in [0.29, 0.717) is 16.4 Å². The summed E-state index contributed by atoms with van der Waals surface area (Å²) in [5.74, 6) is -1.63. The summed E-state index contributed by atoms with van der Waals surface area (Å²) < 4.78 is 41.4. The van der Waals surface area contributed by atoms with Crippen molar-refractivity contribution >= 4 is 44.5 Å². The van der Waals surface area contributed by atoms with Crippen molar-refractivity contribution in [2.45, 2.75) is 25.3 Å². The molecule has 0 radical (unpaired) electrons. The van der Waals surface area contributed by atoms with Crippen molar-refractivity contribution in [1.82, 2.24) is 4.31 Å². The number of carboxylic acid groups (broad SMARTS) is 1. The van der Waals surface area contributed by atoms with Gasteiger partial charge in [0.2, 0.25) is 0 Å². The molecule has 1 aliphatic heterocycles. The average molecular weight is 428 g/mol. The molecule has 1 saturated heterocycles. The van der Waals surface area contributed by atoms with Gasteiger partial charge in [-0.15, -0.1) is 0 Å². The second-order valence-electron chi connectivity index (χ2n) is 4.69. The predicted molar refractivity (Wildman–Crippen MR) is 83.6 cm³/mol. The van der Waals surface area contributed by atoms with Crippen LogP contribution in [0.25, 0.3) is 0 Å². The lowest BCUT2D eigenvalue weighted by atomic mass is 10.1. The zero-order chi connectivity index (χ0) is 15.6. The van der Waals surface area contributed by atoms with Gasteiger partial charge in [-0.3, -0.25) is 9.52 Å². The molecule has 116 valence electrons. The summed E-state index contributed by atoms with van der Waals surface area (Å²) in [5.41, 5.74) is 0.228. The molecule has 1 fully saturated rings. The van der Waals surface area contributed by atoms with Crippen LogP contribution in [0, 0.1) is 9.39 Å². The van der Waals surface area contributed by atoms with E-state index >= 15 is 0 Å². The molecule has 2 rings (SSSR count). The van der Waals surface area contributed by atoms with Gasteiger partial charge in [0.25, 0.3) is 0 Å². The van der Waals surface area contributed by atoms with Gasteiger partial charge in [0.15, 0.2) is 0 Å². The maximum atomic E-state index is 13.0. The van der Waals surface area contributed by atoms with Crippen molar-refractivity contribution < 1.29 is 22.7 Å². The minimum Gasteiger partial charge on any atom is -0.480 e. The van der Waals surface area contributed by atoms with E-state index in [-0.39, 0.29) is 18.7 Å². The highest BCUT2D eigenvalue weighted by atomic mass is 127. The fourth-order valence-electron chi connectivity index (χ4n) is 2.21. The van der Waals surface area contributed by atoms with Crippen LogP contribution in [-0.4, -0.2) is 36.4 Å². The second-order valence-corrected chi connectivity index (χ2v) is 7.48. The number of carboxylic acids is 1. The molecule has 1 aromatic rings. The molecule has 0 bridgehead atoms. The Morgan fingerprint density at radius 1 is 1.43 bits per heavy atom. The van der Waals surface area contributed by atoms with E-state index in [9.17, 15) is 17.6 Å². The van der Waals surface area contributed by atoms with Crippen LogP contribution in [0.3, 0.4) is 0 Å². The number of halogens is 2. The average Bonchev–Trinajstić information content (AvgIpc) is 2.42. The number of hydrogen-bond donors (Lipinski definition) is 2. The highest BCUT2D eigenvalue weighted by molar-refractivity contribution is 14.1. The van der Waals surface area contributed by atoms with Crippen LogP contribution in [0.5, 0.6) is 0 Å². The van der Waals surface area contributed by atoms with Gasteiger partial charge in [-0.2, -0.15) is 12.7 Å². The molecule has 0 spiro atoms. The first-order valence-corrected chi connectivity index (χ1v) is 8.80. The van der Waals surface area contributed by atoms with Gasteiger partial charge in [-0.25, -0.2) is 4.39 Å². The number of nitrogens with one attached hydrogen (secondary N) is 1.